The topological polar surface area (TPSA) is 79.4 Å². The van der Waals surface area contributed by atoms with E-state index in [1.54, 1.807) is 18.0 Å². The molecule has 3 amide bonds. The lowest BCUT2D eigenvalue weighted by molar-refractivity contribution is -0.142. The summed E-state index contributed by atoms with van der Waals surface area (Å²) in [5.74, 6) is 0.0531. The van der Waals surface area contributed by atoms with Crippen molar-refractivity contribution in [2.75, 3.05) is 46.4 Å². The Morgan fingerprint density at radius 2 is 1.82 bits per heavy atom. The number of amides is 3. The highest BCUT2D eigenvalue weighted by molar-refractivity contribution is 6.42. The Kier molecular flexibility index (Phi) is 8.13. The Labute approximate surface area is 234 Å². The van der Waals surface area contributed by atoms with E-state index in [2.05, 4.69) is 0 Å². The van der Waals surface area contributed by atoms with E-state index in [1.165, 1.54) is 0 Å². The minimum absolute atomic E-state index is 0.0554. The molecule has 1 saturated carbocycles. The van der Waals surface area contributed by atoms with Crippen molar-refractivity contribution in [2.24, 2.45) is 11.3 Å². The molecule has 3 saturated heterocycles. The maximum absolute atomic E-state index is 13.6. The first kappa shape index (κ1) is 27.5. The molecule has 3 heterocycles. The molecule has 0 spiro atoms. The molecule has 5 rings (SSSR count). The molecule has 1 aromatic carbocycles. The predicted molar refractivity (Wildman–Crippen MR) is 144 cm³/mol. The van der Waals surface area contributed by atoms with Gasteiger partial charge in [-0.2, -0.15) is 0 Å². The van der Waals surface area contributed by atoms with Crippen LogP contribution in [0, 0.1) is 11.3 Å². The number of nitrogens with zero attached hydrogens (tertiary/aromatic N) is 3. The molecule has 0 N–H and O–H groups in total. The third kappa shape index (κ3) is 5.77. The zero-order chi connectivity index (χ0) is 27.0. The Hall–Kier alpha value is -2.03. The van der Waals surface area contributed by atoms with Gasteiger partial charge in [-0.25, -0.2) is 4.79 Å². The molecule has 0 radical (unpaired) electrons. The first-order valence-corrected chi connectivity index (χ1v) is 14.5. The lowest BCUT2D eigenvalue weighted by Gasteiger charge is -2.34. The fourth-order valence-corrected chi connectivity index (χ4v) is 6.28. The van der Waals surface area contributed by atoms with Crippen LogP contribution < -0.4 is 0 Å². The fraction of sp³-hybridized carbons (Fsp3) is 0.679. The van der Waals surface area contributed by atoms with E-state index in [9.17, 15) is 14.4 Å². The number of carbonyl (C=O) groups excluding carboxylic acids is 3. The van der Waals surface area contributed by atoms with Gasteiger partial charge in [-0.3, -0.25) is 9.59 Å². The largest absolute Gasteiger partial charge is 0.447 e. The molecule has 3 atom stereocenters. The van der Waals surface area contributed by atoms with E-state index in [0.29, 0.717) is 55.7 Å². The predicted octanol–water partition coefficient (Wildman–Crippen LogP) is 4.57. The van der Waals surface area contributed by atoms with E-state index in [1.807, 2.05) is 28.9 Å². The molecule has 38 heavy (non-hydrogen) atoms. The maximum atomic E-state index is 13.6. The highest BCUT2D eigenvalue weighted by atomic mass is 35.5. The molecule has 1 aromatic rings. The summed E-state index contributed by atoms with van der Waals surface area (Å²) in [7, 11) is 1.73. The van der Waals surface area contributed by atoms with Gasteiger partial charge in [0.25, 0.3) is 0 Å². The smallest absolute Gasteiger partial charge is 0.409 e. The van der Waals surface area contributed by atoms with Crippen molar-refractivity contribution in [3.8, 4) is 0 Å². The van der Waals surface area contributed by atoms with E-state index >= 15 is 0 Å². The number of hydrogen-bond donors (Lipinski definition) is 0. The van der Waals surface area contributed by atoms with Crippen molar-refractivity contribution in [1.82, 2.24) is 14.7 Å². The van der Waals surface area contributed by atoms with Crippen LogP contribution in [0.5, 0.6) is 0 Å². The van der Waals surface area contributed by atoms with Crippen LogP contribution in [0.4, 0.5) is 4.79 Å². The molecular formula is C28H37Cl2N3O5. The van der Waals surface area contributed by atoms with Crippen LogP contribution in [0.15, 0.2) is 18.2 Å². The maximum Gasteiger partial charge on any atom is 0.409 e. The molecule has 1 aliphatic carbocycles. The Morgan fingerprint density at radius 1 is 1.08 bits per heavy atom. The molecule has 10 heteroatoms. The average molecular weight is 567 g/mol. The summed E-state index contributed by atoms with van der Waals surface area (Å²) < 4.78 is 11.2. The van der Waals surface area contributed by atoms with Gasteiger partial charge in [0.2, 0.25) is 11.8 Å². The molecule has 0 bridgehead atoms. The quantitative estimate of drug-likeness (QED) is 0.504. The summed E-state index contributed by atoms with van der Waals surface area (Å²) in [6.07, 6.45) is 4.63. The lowest BCUT2D eigenvalue weighted by atomic mass is 9.93. The van der Waals surface area contributed by atoms with E-state index < -0.39 is 6.09 Å². The summed E-state index contributed by atoms with van der Waals surface area (Å²) >= 11 is 12.5. The number of hydrogen-bond acceptors (Lipinski definition) is 5. The van der Waals surface area contributed by atoms with Gasteiger partial charge in [0.05, 0.1) is 22.2 Å². The van der Waals surface area contributed by atoms with Gasteiger partial charge in [0, 0.05) is 57.1 Å². The van der Waals surface area contributed by atoms with Crippen molar-refractivity contribution in [3.05, 3.63) is 33.8 Å². The summed E-state index contributed by atoms with van der Waals surface area (Å²) in [5.41, 5.74) is 0.742. The van der Waals surface area contributed by atoms with Crippen LogP contribution in [-0.4, -0.2) is 91.2 Å². The van der Waals surface area contributed by atoms with E-state index in [-0.39, 0.29) is 47.8 Å². The fourth-order valence-electron chi connectivity index (χ4n) is 5.98. The molecule has 2 unspecified atom stereocenters. The second kappa shape index (κ2) is 11.2. The second-order valence-electron chi connectivity index (χ2n) is 11.5. The van der Waals surface area contributed by atoms with E-state index in [0.717, 1.165) is 31.2 Å². The number of likely N-dealkylation sites (tertiary alicyclic amines) is 2. The minimum atomic E-state index is -0.426. The van der Waals surface area contributed by atoms with Crippen LogP contribution in [0.3, 0.4) is 0 Å². The number of benzene rings is 1. The number of piperidine rings is 1. The van der Waals surface area contributed by atoms with Gasteiger partial charge in [0.15, 0.2) is 0 Å². The number of carbonyl (C=O) groups is 3. The van der Waals surface area contributed by atoms with Gasteiger partial charge >= 0.3 is 6.09 Å². The Bertz CT molecular complexity index is 1070. The summed E-state index contributed by atoms with van der Waals surface area (Å²) in [5, 5.41) is 0.904. The molecule has 4 aliphatic rings. The monoisotopic (exact) mass is 565 g/mol. The average Bonchev–Trinajstić information content (AvgIpc) is 3.30. The number of halogens is 2. The summed E-state index contributed by atoms with van der Waals surface area (Å²) in [6.45, 7) is 5.08. The zero-order valence-electron chi connectivity index (χ0n) is 22.2. The molecule has 0 aromatic heterocycles. The number of likely N-dealkylation sites (N-methyl/N-ethyl adjacent to an activating group) is 1. The molecule has 8 nitrogen and oxygen atoms in total. The molecule has 4 fully saturated rings. The van der Waals surface area contributed by atoms with Crippen LogP contribution in [0.25, 0.3) is 0 Å². The van der Waals surface area contributed by atoms with Crippen LogP contribution in [0.2, 0.25) is 10.0 Å². The van der Waals surface area contributed by atoms with Crippen molar-refractivity contribution >= 4 is 41.1 Å². The Morgan fingerprint density at radius 3 is 2.45 bits per heavy atom. The van der Waals surface area contributed by atoms with Crippen molar-refractivity contribution in [2.45, 2.75) is 63.5 Å². The van der Waals surface area contributed by atoms with Crippen LogP contribution in [-0.2, 0) is 19.1 Å². The lowest BCUT2D eigenvalue weighted by Crippen LogP contribution is -2.46. The summed E-state index contributed by atoms with van der Waals surface area (Å²) in [6, 6.07) is 5.21. The highest BCUT2D eigenvalue weighted by Crippen LogP contribution is 2.47. The molecule has 3 aliphatic heterocycles. The first-order chi connectivity index (χ1) is 18.2. The highest BCUT2D eigenvalue weighted by Gasteiger charge is 2.48. The van der Waals surface area contributed by atoms with Gasteiger partial charge < -0.3 is 24.2 Å². The van der Waals surface area contributed by atoms with Crippen LogP contribution >= 0.6 is 23.2 Å². The summed E-state index contributed by atoms with van der Waals surface area (Å²) in [4.78, 5) is 44.8. The first-order valence-electron chi connectivity index (χ1n) is 13.7. The normalized spacial score (nSPS) is 26.9. The van der Waals surface area contributed by atoms with Gasteiger partial charge in [-0.05, 0) is 56.2 Å². The second-order valence-corrected chi connectivity index (χ2v) is 12.4. The van der Waals surface area contributed by atoms with Crippen molar-refractivity contribution in [3.63, 3.8) is 0 Å². The van der Waals surface area contributed by atoms with E-state index in [4.69, 9.17) is 32.7 Å². The van der Waals surface area contributed by atoms with Crippen molar-refractivity contribution < 1.29 is 23.9 Å². The third-order valence-corrected chi connectivity index (χ3v) is 9.56. The number of rotatable bonds is 6. The zero-order valence-corrected chi connectivity index (χ0v) is 23.7. The van der Waals surface area contributed by atoms with Gasteiger partial charge in [-0.15, -0.1) is 0 Å². The van der Waals surface area contributed by atoms with Crippen LogP contribution in [0.1, 0.15) is 56.9 Å². The number of ether oxygens (including phenoxy) is 2. The van der Waals surface area contributed by atoms with Crippen molar-refractivity contribution in [1.29, 1.82) is 0 Å². The third-order valence-electron chi connectivity index (χ3n) is 8.82. The SMILES string of the molecule is CN(C(=O)OCC1CCCO1)C1CN(C(=O)C2CCN(C(=O)C3(C)CC3)CC2)C[C@@H]1c1ccc(Cl)c(Cl)c1. The van der Waals surface area contributed by atoms with Gasteiger partial charge in [-0.1, -0.05) is 36.2 Å². The Balaban J connectivity index is 1.26. The minimum Gasteiger partial charge on any atom is -0.447 e. The molecular weight excluding hydrogens is 529 g/mol. The van der Waals surface area contributed by atoms with Gasteiger partial charge in [0.1, 0.15) is 6.61 Å². The standard InChI is InChI=1S/C28H37Cl2N3O5/c1-28(9-10-28)26(35)32-11-7-18(8-12-32)25(34)33-15-21(19-5-6-22(29)23(30)14-19)24(16-33)31(2)27(36)38-17-20-4-3-13-37-20/h5-6,14,18,20-21,24H,3-4,7-13,15-17H2,1-2H3/t20?,21-,24?/m1/s1. The molecule has 208 valence electrons.